The molecule has 0 heterocycles. The largest absolute Gasteiger partial charge is 0.494 e. The summed E-state index contributed by atoms with van der Waals surface area (Å²) >= 11 is 0. The fourth-order valence-corrected chi connectivity index (χ4v) is 3.52. The Morgan fingerprint density at radius 1 is 1.00 bits per heavy atom. The van der Waals surface area contributed by atoms with Gasteiger partial charge in [0.05, 0.1) is 13.2 Å². The normalized spacial score (nSPS) is 14.7. The lowest BCUT2D eigenvalue weighted by Gasteiger charge is -2.22. The van der Waals surface area contributed by atoms with Crippen molar-refractivity contribution in [3.05, 3.63) is 60.2 Å². The van der Waals surface area contributed by atoms with Gasteiger partial charge in [-0.15, -0.1) is 0 Å². The zero-order chi connectivity index (χ0) is 18.7. The van der Waals surface area contributed by atoms with Crippen molar-refractivity contribution >= 4 is 11.6 Å². The molecular formula is C23H30N2O2. The zero-order valence-corrected chi connectivity index (χ0v) is 16.0. The minimum Gasteiger partial charge on any atom is -0.494 e. The summed E-state index contributed by atoms with van der Waals surface area (Å²) < 4.78 is 5.84. The minimum absolute atomic E-state index is 0.00167. The van der Waals surface area contributed by atoms with E-state index in [4.69, 9.17) is 4.74 Å². The summed E-state index contributed by atoms with van der Waals surface area (Å²) in [5.74, 6) is 0.794. The van der Waals surface area contributed by atoms with Crippen LogP contribution in [0.25, 0.3) is 0 Å². The summed E-state index contributed by atoms with van der Waals surface area (Å²) in [6, 6.07) is 18.5. The van der Waals surface area contributed by atoms with Crippen molar-refractivity contribution in [2.45, 2.75) is 51.0 Å². The molecule has 0 unspecified atom stereocenters. The molecule has 0 aliphatic heterocycles. The molecule has 3 rings (SSSR count). The van der Waals surface area contributed by atoms with Crippen LogP contribution < -0.4 is 15.4 Å². The predicted molar refractivity (Wildman–Crippen MR) is 110 cm³/mol. The van der Waals surface area contributed by atoms with Crippen molar-refractivity contribution in [1.29, 1.82) is 0 Å². The first-order valence-electron chi connectivity index (χ1n) is 10.1. The van der Waals surface area contributed by atoms with E-state index in [0.29, 0.717) is 19.2 Å². The number of anilines is 1. The number of nitrogens with one attached hydrogen (secondary N) is 2. The van der Waals surface area contributed by atoms with Gasteiger partial charge in [-0.25, -0.2) is 0 Å². The van der Waals surface area contributed by atoms with Gasteiger partial charge in [0.25, 0.3) is 0 Å². The molecular weight excluding hydrogens is 336 g/mol. The molecule has 0 spiro atoms. The summed E-state index contributed by atoms with van der Waals surface area (Å²) in [5, 5.41) is 6.33. The lowest BCUT2D eigenvalue weighted by Crippen LogP contribution is -2.37. The molecule has 144 valence electrons. The molecule has 1 aliphatic carbocycles. The maximum atomic E-state index is 12.2. The van der Waals surface area contributed by atoms with Gasteiger partial charge < -0.3 is 15.4 Å². The fourth-order valence-electron chi connectivity index (χ4n) is 3.52. The van der Waals surface area contributed by atoms with Crippen molar-refractivity contribution in [1.82, 2.24) is 5.32 Å². The fraction of sp³-hybridized carbons (Fsp3) is 0.435. The Kier molecular flexibility index (Phi) is 7.72. The average Bonchev–Trinajstić information content (AvgIpc) is 2.72. The highest BCUT2D eigenvalue weighted by molar-refractivity contribution is 5.92. The van der Waals surface area contributed by atoms with Crippen LogP contribution in [0.4, 0.5) is 5.69 Å². The van der Waals surface area contributed by atoms with E-state index >= 15 is 0 Å². The number of ether oxygens (including phenoxy) is 1. The summed E-state index contributed by atoms with van der Waals surface area (Å²) in [5.41, 5.74) is 2.11. The van der Waals surface area contributed by atoms with E-state index in [1.165, 1.54) is 37.7 Å². The Hall–Kier alpha value is -2.33. The number of amides is 1. The predicted octanol–water partition coefficient (Wildman–Crippen LogP) is 4.56. The lowest BCUT2D eigenvalue weighted by molar-refractivity contribution is -0.115. The summed E-state index contributed by atoms with van der Waals surface area (Å²) in [6.45, 7) is 1.03. The number of aryl methyl sites for hydroxylation is 1. The first kappa shape index (κ1) is 19.4. The summed E-state index contributed by atoms with van der Waals surface area (Å²) in [4.78, 5) is 12.2. The van der Waals surface area contributed by atoms with E-state index in [9.17, 15) is 4.79 Å². The Morgan fingerprint density at radius 3 is 2.63 bits per heavy atom. The van der Waals surface area contributed by atoms with Crippen LogP contribution >= 0.6 is 0 Å². The maximum Gasteiger partial charge on any atom is 0.238 e. The quantitative estimate of drug-likeness (QED) is 0.640. The van der Waals surface area contributed by atoms with Gasteiger partial charge in [-0.05, 0) is 43.4 Å². The molecule has 2 N–H and O–H groups in total. The van der Waals surface area contributed by atoms with Crippen molar-refractivity contribution in [2.75, 3.05) is 18.5 Å². The molecule has 1 amide bonds. The van der Waals surface area contributed by atoms with Gasteiger partial charge in [-0.2, -0.15) is 0 Å². The number of hydrogen-bond acceptors (Lipinski definition) is 3. The Morgan fingerprint density at radius 2 is 1.81 bits per heavy atom. The SMILES string of the molecule is O=C(CNC1CCCCC1)Nc1cccc(OCCCc2ccccc2)c1. The van der Waals surface area contributed by atoms with E-state index in [-0.39, 0.29) is 5.91 Å². The van der Waals surface area contributed by atoms with E-state index in [1.807, 2.05) is 30.3 Å². The topological polar surface area (TPSA) is 50.4 Å². The van der Waals surface area contributed by atoms with Crippen molar-refractivity contribution in [3.8, 4) is 5.75 Å². The van der Waals surface area contributed by atoms with Crippen molar-refractivity contribution in [3.63, 3.8) is 0 Å². The van der Waals surface area contributed by atoms with Crippen LogP contribution in [0.15, 0.2) is 54.6 Å². The van der Waals surface area contributed by atoms with Crippen molar-refractivity contribution < 1.29 is 9.53 Å². The molecule has 0 atom stereocenters. The third-order valence-corrected chi connectivity index (χ3v) is 5.00. The highest BCUT2D eigenvalue weighted by Crippen LogP contribution is 2.19. The molecule has 0 radical (unpaired) electrons. The molecule has 1 aliphatic rings. The molecule has 2 aromatic carbocycles. The van der Waals surface area contributed by atoms with E-state index in [1.54, 1.807) is 0 Å². The van der Waals surface area contributed by atoms with Gasteiger partial charge in [0.2, 0.25) is 5.91 Å². The third kappa shape index (κ3) is 7.06. The van der Waals surface area contributed by atoms with Crippen LogP contribution in [-0.4, -0.2) is 25.1 Å². The number of carbonyl (C=O) groups excluding carboxylic acids is 1. The zero-order valence-electron chi connectivity index (χ0n) is 16.0. The van der Waals surface area contributed by atoms with Gasteiger partial charge >= 0.3 is 0 Å². The van der Waals surface area contributed by atoms with Crippen LogP contribution in [0.2, 0.25) is 0 Å². The number of rotatable bonds is 9. The lowest BCUT2D eigenvalue weighted by atomic mass is 9.95. The van der Waals surface area contributed by atoms with Crippen LogP contribution in [0.5, 0.6) is 5.75 Å². The standard InChI is InChI=1S/C23H30N2O2/c26-23(18-24-20-12-5-2-6-13-20)25-21-14-7-15-22(17-21)27-16-8-11-19-9-3-1-4-10-19/h1,3-4,7,9-10,14-15,17,20,24H,2,5-6,8,11-13,16,18H2,(H,25,26). The summed E-state index contributed by atoms with van der Waals surface area (Å²) in [7, 11) is 0. The van der Waals surface area contributed by atoms with E-state index in [0.717, 1.165) is 24.3 Å². The maximum absolute atomic E-state index is 12.2. The smallest absolute Gasteiger partial charge is 0.238 e. The Bertz CT molecular complexity index is 697. The van der Waals surface area contributed by atoms with Crippen LogP contribution in [-0.2, 0) is 11.2 Å². The molecule has 27 heavy (non-hydrogen) atoms. The molecule has 4 nitrogen and oxygen atoms in total. The highest BCUT2D eigenvalue weighted by atomic mass is 16.5. The second-order valence-corrected chi connectivity index (χ2v) is 7.23. The molecule has 1 fully saturated rings. The molecule has 2 aromatic rings. The first-order chi connectivity index (χ1) is 13.3. The first-order valence-corrected chi connectivity index (χ1v) is 10.1. The second kappa shape index (κ2) is 10.7. The molecule has 0 aromatic heterocycles. The number of carbonyl (C=O) groups is 1. The van der Waals surface area contributed by atoms with Gasteiger partial charge in [0.1, 0.15) is 5.75 Å². The van der Waals surface area contributed by atoms with Crippen molar-refractivity contribution in [2.24, 2.45) is 0 Å². The Balaban J connectivity index is 1.38. The molecule has 4 heteroatoms. The van der Waals surface area contributed by atoms with Gasteiger partial charge in [0.15, 0.2) is 0 Å². The van der Waals surface area contributed by atoms with Gasteiger partial charge in [-0.3, -0.25) is 4.79 Å². The summed E-state index contributed by atoms with van der Waals surface area (Å²) in [6.07, 6.45) is 8.18. The van der Waals surface area contributed by atoms with Crippen LogP contribution in [0.1, 0.15) is 44.1 Å². The van der Waals surface area contributed by atoms with Gasteiger partial charge in [-0.1, -0.05) is 55.7 Å². The second-order valence-electron chi connectivity index (χ2n) is 7.23. The third-order valence-electron chi connectivity index (χ3n) is 5.00. The van der Waals surface area contributed by atoms with E-state index < -0.39 is 0 Å². The highest BCUT2D eigenvalue weighted by Gasteiger charge is 2.14. The van der Waals surface area contributed by atoms with Crippen LogP contribution in [0.3, 0.4) is 0 Å². The van der Waals surface area contributed by atoms with E-state index in [2.05, 4.69) is 34.9 Å². The monoisotopic (exact) mass is 366 g/mol. The van der Waals surface area contributed by atoms with Gasteiger partial charge in [0, 0.05) is 17.8 Å². The van der Waals surface area contributed by atoms with Crippen LogP contribution in [0, 0.1) is 0 Å². The number of benzene rings is 2. The minimum atomic E-state index is 0.00167. The molecule has 1 saturated carbocycles. The molecule has 0 saturated heterocycles. The average molecular weight is 367 g/mol. The molecule has 0 bridgehead atoms. The Labute approximate surface area is 162 Å². The number of hydrogen-bond donors (Lipinski definition) is 2.